The summed E-state index contributed by atoms with van der Waals surface area (Å²) in [5.41, 5.74) is 1.52. The summed E-state index contributed by atoms with van der Waals surface area (Å²) >= 11 is 0. The minimum atomic E-state index is 0.371. The number of aromatic nitrogens is 2. The van der Waals surface area contributed by atoms with Crippen LogP contribution in [0.3, 0.4) is 0 Å². The van der Waals surface area contributed by atoms with Crippen LogP contribution in [0.15, 0.2) is 12.4 Å². The summed E-state index contributed by atoms with van der Waals surface area (Å²) in [6.07, 6.45) is 5.13. The molecule has 1 aliphatic heterocycles. The van der Waals surface area contributed by atoms with E-state index in [-0.39, 0.29) is 0 Å². The van der Waals surface area contributed by atoms with E-state index in [1.165, 1.54) is 6.42 Å². The first kappa shape index (κ1) is 15.2. The van der Waals surface area contributed by atoms with E-state index in [2.05, 4.69) is 54.8 Å². The Kier molecular flexibility index (Phi) is 4.63. The molecule has 0 aliphatic carbocycles. The van der Waals surface area contributed by atoms with Crippen molar-refractivity contribution in [2.24, 2.45) is 11.3 Å². The first-order valence-corrected chi connectivity index (χ1v) is 7.65. The van der Waals surface area contributed by atoms with E-state index < -0.39 is 0 Å². The number of rotatable bonds is 4. The van der Waals surface area contributed by atoms with Crippen LogP contribution in [-0.4, -0.2) is 29.1 Å². The fraction of sp³-hybridized carbons (Fsp3) is 0.750. The summed E-state index contributed by atoms with van der Waals surface area (Å²) < 4.78 is 0. The molecule has 0 aromatic carbocycles. The van der Waals surface area contributed by atoms with Crippen LogP contribution < -0.4 is 10.2 Å². The van der Waals surface area contributed by atoms with Gasteiger partial charge >= 0.3 is 0 Å². The summed E-state index contributed by atoms with van der Waals surface area (Å²) in [4.78, 5) is 11.4. The molecule has 0 radical (unpaired) electrons. The van der Waals surface area contributed by atoms with Gasteiger partial charge in [-0.05, 0) is 17.8 Å². The number of hydrogen-bond acceptors (Lipinski definition) is 4. The molecule has 1 aromatic heterocycles. The van der Waals surface area contributed by atoms with E-state index >= 15 is 0 Å². The van der Waals surface area contributed by atoms with E-state index in [1.54, 1.807) is 0 Å². The van der Waals surface area contributed by atoms with Crippen LogP contribution in [0.2, 0.25) is 0 Å². The highest BCUT2D eigenvalue weighted by molar-refractivity contribution is 5.32. The summed E-state index contributed by atoms with van der Waals surface area (Å²) in [5, 5.41) is 3.38. The highest BCUT2D eigenvalue weighted by Crippen LogP contribution is 2.34. The fourth-order valence-corrected chi connectivity index (χ4v) is 2.57. The average molecular weight is 276 g/mol. The molecule has 112 valence electrons. The van der Waals surface area contributed by atoms with E-state index in [0.29, 0.717) is 11.5 Å². The molecule has 0 bridgehead atoms. The Morgan fingerprint density at radius 1 is 1.30 bits per heavy atom. The number of hydrogen-bond donors (Lipinski definition) is 1. The molecule has 4 heteroatoms. The summed E-state index contributed by atoms with van der Waals surface area (Å²) in [6, 6.07) is 0.487. The van der Waals surface area contributed by atoms with Crippen LogP contribution in [0.25, 0.3) is 0 Å². The summed E-state index contributed by atoms with van der Waals surface area (Å²) in [5.74, 6) is 1.61. The highest BCUT2D eigenvalue weighted by Gasteiger charge is 2.32. The monoisotopic (exact) mass is 276 g/mol. The second kappa shape index (κ2) is 6.08. The van der Waals surface area contributed by atoms with Crippen LogP contribution in [0, 0.1) is 11.3 Å². The smallest absolute Gasteiger partial charge is 0.225 e. The van der Waals surface area contributed by atoms with Crippen LogP contribution in [-0.2, 0) is 6.54 Å². The molecule has 1 saturated heterocycles. The molecular weight excluding hydrogens is 248 g/mol. The van der Waals surface area contributed by atoms with Crippen molar-refractivity contribution in [3.05, 3.63) is 18.0 Å². The van der Waals surface area contributed by atoms with Gasteiger partial charge in [0.1, 0.15) is 0 Å². The molecule has 1 aromatic rings. The van der Waals surface area contributed by atoms with Gasteiger partial charge in [0.15, 0.2) is 0 Å². The van der Waals surface area contributed by atoms with Crippen LogP contribution >= 0.6 is 0 Å². The fourth-order valence-electron chi connectivity index (χ4n) is 2.57. The number of nitrogens with zero attached hydrogens (tertiary/aromatic N) is 3. The van der Waals surface area contributed by atoms with Gasteiger partial charge in [0.2, 0.25) is 5.95 Å². The first-order valence-electron chi connectivity index (χ1n) is 7.65. The quantitative estimate of drug-likeness (QED) is 0.918. The number of anilines is 1. The Balaban J connectivity index is 1.94. The average Bonchev–Trinajstić information content (AvgIpc) is 2.86. The maximum atomic E-state index is 4.53. The first-order chi connectivity index (χ1) is 9.36. The topological polar surface area (TPSA) is 41.1 Å². The van der Waals surface area contributed by atoms with Gasteiger partial charge in [-0.3, -0.25) is 0 Å². The molecule has 0 spiro atoms. The predicted molar refractivity (Wildman–Crippen MR) is 83.8 cm³/mol. The third-order valence-corrected chi connectivity index (χ3v) is 4.10. The standard InChI is InChI=1S/C16H28N4/c1-12(2)17-8-13-9-18-15(19-10-13)20-7-6-14(11-20)16(3,4)5/h9-10,12,14,17H,6-8,11H2,1-5H3. The molecule has 20 heavy (non-hydrogen) atoms. The van der Waals surface area contributed by atoms with Gasteiger partial charge in [0, 0.05) is 43.6 Å². The summed E-state index contributed by atoms with van der Waals surface area (Å²) in [6.45, 7) is 14.2. The third-order valence-electron chi connectivity index (χ3n) is 4.10. The van der Waals surface area contributed by atoms with Crippen LogP contribution in [0.1, 0.15) is 46.6 Å². The lowest BCUT2D eigenvalue weighted by Crippen LogP contribution is -2.27. The molecule has 1 atom stereocenters. The minimum Gasteiger partial charge on any atom is -0.341 e. The molecule has 1 aliphatic rings. The van der Waals surface area contributed by atoms with Gasteiger partial charge in [-0.1, -0.05) is 34.6 Å². The second-order valence-electron chi connectivity index (χ2n) is 7.22. The van der Waals surface area contributed by atoms with E-state index in [0.717, 1.165) is 37.1 Å². The third kappa shape index (κ3) is 3.92. The van der Waals surface area contributed by atoms with Gasteiger partial charge in [-0.15, -0.1) is 0 Å². The van der Waals surface area contributed by atoms with Gasteiger partial charge in [-0.25, -0.2) is 9.97 Å². The Bertz CT molecular complexity index is 419. The van der Waals surface area contributed by atoms with Crippen molar-refractivity contribution >= 4 is 5.95 Å². The van der Waals surface area contributed by atoms with E-state index in [1.807, 2.05) is 12.4 Å². The molecule has 0 saturated carbocycles. The van der Waals surface area contributed by atoms with Crippen molar-refractivity contribution in [1.82, 2.24) is 15.3 Å². The maximum absolute atomic E-state index is 4.53. The van der Waals surface area contributed by atoms with Crippen molar-refractivity contribution < 1.29 is 0 Å². The van der Waals surface area contributed by atoms with Crippen molar-refractivity contribution in [1.29, 1.82) is 0 Å². The molecular formula is C16H28N4. The largest absolute Gasteiger partial charge is 0.341 e. The Labute approximate surface area is 123 Å². The van der Waals surface area contributed by atoms with Crippen molar-refractivity contribution in [3.63, 3.8) is 0 Å². The Morgan fingerprint density at radius 2 is 1.95 bits per heavy atom. The SMILES string of the molecule is CC(C)NCc1cnc(N2CCC(C(C)(C)C)C2)nc1. The second-order valence-corrected chi connectivity index (χ2v) is 7.22. The van der Waals surface area contributed by atoms with Crippen molar-refractivity contribution in [2.75, 3.05) is 18.0 Å². The van der Waals surface area contributed by atoms with Gasteiger partial charge in [-0.2, -0.15) is 0 Å². The normalized spacial score (nSPS) is 19.9. The van der Waals surface area contributed by atoms with E-state index in [4.69, 9.17) is 0 Å². The molecule has 1 fully saturated rings. The summed E-state index contributed by atoms with van der Waals surface area (Å²) in [7, 11) is 0. The van der Waals surface area contributed by atoms with Gasteiger partial charge in [0.25, 0.3) is 0 Å². The number of nitrogens with one attached hydrogen (secondary N) is 1. The van der Waals surface area contributed by atoms with E-state index in [9.17, 15) is 0 Å². The zero-order valence-corrected chi connectivity index (χ0v) is 13.5. The Hall–Kier alpha value is -1.16. The molecule has 1 N–H and O–H groups in total. The van der Waals surface area contributed by atoms with Crippen LogP contribution in [0.4, 0.5) is 5.95 Å². The Morgan fingerprint density at radius 3 is 2.45 bits per heavy atom. The molecule has 4 nitrogen and oxygen atoms in total. The van der Waals surface area contributed by atoms with Crippen LogP contribution in [0.5, 0.6) is 0 Å². The molecule has 2 heterocycles. The zero-order valence-electron chi connectivity index (χ0n) is 13.5. The lowest BCUT2D eigenvalue weighted by molar-refractivity contribution is 0.263. The lowest BCUT2D eigenvalue weighted by atomic mass is 9.80. The lowest BCUT2D eigenvalue weighted by Gasteiger charge is -2.26. The molecule has 1 unspecified atom stereocenters. The van der Waals surface area contributed by atoms with Gasteiger partial charge < -0.3 is 10.2 Å². The van der Waals surface area contributed by atoms with Gasteiger partial charge in [0.05, 0.1) is 0 Å². The maximum Gasteiger partial charge on any atom is 0.225 e. The molecule has 0 amide bonds. The van der Waals surface area contributed by atoms with Crippen molar-refractivity contribution in [3.8, 4) is 0 Å². The predicted octanol–water partition coefficient (Wildman–Crippen LogP) is 2.85. The van der Waals surface area contributed by atoms with Crippen molar-refractivity contribution in [2.45, 2.75) is 53.6 Å². The zero-order chi connectivity index (χ0) is 14.8. The minimum absolute atomic E-state index is 0.371. The molecule has 2 rings (SSSR count). The highest BCUT2D eigenvalue weighted by atomic mass is 15.3.